The van der Waals surface area contributed by atoms with E-state index < -0.39 is 0 Å². The van der Waals surface area contributed by atoms with Crippen molar-refractivity contribution in [1.82, 2.24) is 24.8 Å². The highest BCUT2D eigenvalue weighted by atomic mass is 15.5. The van der Waals surface area contributed by atoms with Gasteiger partial charge in [0.2, 0.25) is 0 Å². The van der Waals surface area contributed by atoms with Crippen LogP contribution in [-0.4, -0.2) is 19.7 Å². The lowest BCUT2D eigenvalue weighted by molar-refractivity contribution is 0.442. The molecule has 2 heterocycles. The van der Waals surface area contributed by atoms with Crippen molar-refractivity contribution < 1.29 is 0 Å². The third-order valence-electron chi connectivity index (χ3n) is 10.3. The van der Waals surface area contributed by atoms with Crippen LogP contribution in [0.3, 0.4) is 0 Å². The van der Waals surface area contributed by atoms with Crippen molar-refractivity contribution in [2.45, 2.75) is 40.8 Å². The summed E-state index contributed by atoms with van der Waals surface area (Å²) < 4.78 is 2.18. The van der Waals surface area contributed by atoms with E-state index in [0.29, 0.717) is 11.8 Å². The molecule has 7 nitrogen and oxygen atoms in total. The summed E-state index contributed by atoms with van der Waals surface area (Å²) >= 11 is 0. The van der Waals surface area contributed by atoms with Crippen molar-refractivity contribution >= 4 is 56.2 Å². The fourth-order valence-electron chi connectivity index (χ4n) is 7.81. The molecule has 2 aromatic heterocycles. The van der Waals surface area contributed by atoms with Gasteiger partial charge >= 0.3 is 0 Å². The van der Waals surface area contributed by atoms with Gasteiger partial charge in [-0.3, -0.25) is 0 Å². The van der Waals surface area contributed by atoms with Crippen LogP contribution in [0.2, 0.25) is 0 Å². The van der Waals surface area contributed by atoms with Gasteiger partial charge < -0.3 is 19.6 Å². The van der Waals surface area contributed by atoms with Crippen LogP contribution < -0.4 is 14.9 Å². The average Bonchev–Trinajstić information content (AvgIpc) is 3.64. The first-order valence-corrected chi connectivity index (χ1v) is 19.9. The predicted molar refractivity (Wildman–Crippen MR) is 236 cm³/mol. The highest BCUT2D eigenvalue weighted by Crippen LogP contribution is 2.45. The van der Waals surface area contributed by atoms with E-state index in [2.05, 4.69) is 212 Å². The Balaban J connectivity index is 1.20. The lowest BCUT2D eigenvalue weighted by Gasteiger charge is -2.35. The van der Waals surface area contributed by atoms with E-state index >= 15 is 0 Å². The molecule has 0 unspecified atom stereocenters. The smallest absolute Gasteiger partial charge is 0.123 e. The first-order chi connectivity index (χ1) is 27.9. The number of fused-ring (bicyclic) bond motifs is 2. The molecule has 0 radical (unpaired) electrons. The van der Waals surface area contributed by atoms with Gasteiger partial charge in [0.1, 0.15) is 11.0 Å². The van der Waals surface area contributed by atoms with E-state index in [0.717, 1.165) is 91.5 Å². The van der Waals surface area contributed by atoms with Gasteiger partial charge in [0, 0.05) is 51.7 Å². The zero-order valence-corrected chi connectivity index (χ0v) is 32.9. The fourth-order valence-corrected chi connectivity index (χ4v) is 7.81. The first-order valence-electron chi connectivity index (χ1n) is 19.9. The SMILES string of the molecule is CC(C)Cn1nc2c(-c3ccc(N(c4ccccc4)c4ccccc4)cc3)c3[n-]n(CC(C)C)c3c(-c3ccc(N(c4ccccc4)c4ccccc4)cc3)c2n1. The summed E-state index contributed by atoms with van der Waals surface area (Å²) in [6, 6.07) is 59.8. The van der Waals surface area contributed by atoms with Crippen LogP contribution in [-0.2, 0) is 13.1 Å². The van der Waals surface area contributed by atoms with Crippen molar-refractivity contribution in [3.63, 3.8) is 0 Å². The largest absolute Gasteiger partial charge is 0.593 e. The molecule has 0 aliphatic rings. The molecule has 0 saturated carbocycles. The molecule has 0 saturated heterocycles. The van der Waals surface area contributed by atoms with Gasteiger partial charge in [-0.15, -0.1) is 0 Å². The second-order valence-electron chi connectivity index (χ2n) is 15.5. The Morgan fingerprint density at radius 3 is 1.18 bits per heavy atom. The number of anilines is 6. The molecule has 0 spiro atoms. The Labute approximate surface area is 334 Å². The van der Waals surface area contributed by atoms with Crippen LogP contribution >= 0.6 is 0 Å². The van der Waals surface area contributed by atoms with Crippen LogP contribution in [0, 0.1) is 11.8 Å². The summed E-state index contributed by atoms with van der Waals surface area (Å²) in [7, 11) is 0. The maximum atomic E-state index is 5.26. The van der Waals surface area contributed by atoms with Crippen molar-refractivity contribution in [2.24, 2.45) is 11.8 Å². The molecule has 0 aliphatic heterocycles. The van der Waals surface area contributed by atoms with Crippen LogP contribution in [0.25, 0.3) is 44.3 Å². The summed E-state index contributed by atoms with van der Waals surface area (Å²) in [4.78, 5) is 6.46. The zero-order chi connectivity index (χ0) is 38.9. The van der Waals surface area contributed by atoms with E-state index in [-0.39, 0.29) is 0 Å². The Bertz CT molecular complexity index is 2630. The van der Waals surface area contributed by atoms with Crippen molar-refractivity contribution in [3.05, 3.63) is 170 Å². The van der Waals surface area contributed by atoms with Crippen LogP contribution in [0.1, 0.15) is 27.7 Å². The van der Waals surface area contributed by atoms with Gasteiger partial charge in [0.25, 0.3) is 0 Å². The Kier molecular flexibility index (Phi) is 9.64. The Hall–Kier alpha value is -6.86. The van der Waals surface area contributed by atoms with Gasteiger partial charge in [0.15, 0.2) is 0 Å². The second-order valence-corrected chi connectivity index (χ2v) is 15.5. The van der Waals surface area contributed by atoms with Crippen molar-refractivity contribution in [2.75, 3.05) is 9.80 Å². The van der Waals surface area contributed by atoms with E-state index in [1.165, 1.54) is 0 Å². The van der Waals surface area contributed by atoms with Crippen LogP contribution in [0.15, 0.2) is 170 Å². The molecule has 0 bridgehead atoms. The molecule has 9 aromatic rings. The molecule has 57 heavy (non-hydrogen) atoms. The highest BCUT2D eigenvalue weighted by Gasteiger charge is 2.23. The Morgan fingerprint density at radius 2 is 0.789 bits per heavy atom. The second kappa shape index (κ2) is 15.3. The summed E-state index contributed by atoms with van der Waals surface area (Å²) in [5, 5.41) is 15.7. The molecule has 0 amide bonds. The zero-order valence-electron chi connectivity index (χ0n) is 32.9. The molecule has 9 rings (SSSR count). The molecule has 282 valence electrons. The summed E-state index contributed by atoms with van der Waals surface area (Å²) in [5.74, 6) is 0.798. The molecule has 0 N–H and O–H groups in total. The maximum absolute atomic E-state index is 5.26. The van der Waals surface area contributed by atoms with Gasteiger partial charge in [-0.1, -0.05) is 130 Å². The number of rotatable bonds is 12. The molecular weight excluding hydrogens is 699 g/mol. The molecule has 7 heteroatoms. The lowest BCUT2D eigenvalue weighted by Crippen LogP contribution is -2.18. The number of hydrogen-bond acceptors (Lipinski definition) is 4. The minimum absolute atomic E-state index is 0.382. The number of aromatic nitrogens is 5. The van der Waals surface area contributed by atoms with Crippen LogP contribution in [0.4, 0.5) is 34.1 Å². The van der Waals surface area contributed by atoms with Crippen molar-refractivity contribution in [1.29, 1.82) is 0 Å². The van der Waals surface area contributed by atoms with Gasteiger partial charge in [-0.25, -0.2) is 0 Å². The fraction of sp³-hybridized carbons (Fsp3) is 0.160. The van der Waals surface area contributed by atoms with E-state index in [4.69, 9.17) is 15.3 Å². The quantitative estimate of drug-likeness (QED) is 0.125. The standard InChI is InChI=1S/C50H46N7/c1-35(2)33-54-50-46(38-27-31-44(32-28-38)57(41-21-13-7-14-22-41)42-23-15-8-16-24-42)48-47(52-55(53-48)34-36(3)4)45(49(50)51-54)37-25-29-43(30-26-37)56(39-17-9-5-10-18-39)40-19-11-6-12-20-40/h5-32,35-36H,33-34H2,1-4H3/q-1. The molecule has 0 aliphatic carbocycles. The number of para-hydroxylation sites is 4. The minimum Gasteiger partial charge on any atom is -0.593 e. The van der Waals surface area contributed by atoms with E-state index in [1.807, 2.05) is 4.80 Å². The predicted octanol–water partition coefficient (Wildman–Crippen LogP) is 12.9. The molecule has 7 aromatic carbocycles. The van der Waals surface area contributed by atoms with E-state index in [1.54, 1.807) is 0 Å². The molecule has 0 fully saturated rings. The molecule has 0 atom stereocenters. The highest BCUT2D eigenvalue weighted by molar-refractivity contribution is 6.17. The summed E-state index contributed by atoms with van der Waals surface area (Å²) in [6.07, 6.45) is 0. The van der Waals surface area contributed by atoms with Crippen LogP contribution in [0.5, 0.6) is 0 Å². The van der Waals surface area contributed by atoms with Crippen molar-refractivity contribution in [3.8, 4) is 22.3 Å². The number of hydrogen-bond donors (Lipinski definition) is 0. The van der Waals surface area contributed by atoms with Gasteiger partial charge in [-0.2, -0.15) is 15.0 Å². The normalized spacial score (nSPS) is 11.6. The topological polar surface area (TPSA) is 56.2 Å². The summed E-state index contributed by atoms with van der Waals surface area (Å²) in [5.41, 5.74) is 14.6. The number of nitrogens with zero attached hydrogens (tertiary/aromatic N) is 7. The summed E-state index contributed by atoms with van der Waals surface area (Å²) in [6.45, 7) is 10.4. The minimum atomic E-state index is 0.382. The lowest BCUT2D eigenvalue weighted by atomic mass is 9.93. The monoisotopic (exact) mass is 744 g/mol. The third-order valence-corrected chi connectivity index (χ3v) is 10.3. The average molecular weight is 745 g/mol. The maximum Gasteiger partial charge on any atom is 0.123 e. The third kappa shape index (κ3) is 6.97. The van der Waals surface area contributed by atoms with Gasteiger partial charge in [0.05, 0.1) is 6.54 Å². The van der Waals surface area contributed by atoms with Gasteiger partial charge in [-0.05, 0) is 101 Å². The number of benzene rings is 7. The molecular formula is C50H46N7-. The first kappa shape index (κ1) is 35.8. The Morgan fingerprint density at radius 1 is 0.439 bits per heavy atom. The van der Waals surface area contributed by atoms with E-state index in [9.17, 15) is 0 Å².